The van der Waals surface area contributed by atoms with Crippen molar-refractivity contribution >= 4 is 17.7 Å². The number of piperidine rings is 1. The Balaban J connectivity index is 2.10. The molecule has 1 unspecified atom stereocenters. The van der Waals surface area contributed by atoms with Crippen molar-refractivity contribution in [1.29, 1.82) is 0 Å². The molecule has 19 heavy (non-hydrogen) atoms. The predicted octanol–water partition coefficient (Wildman–Crippen LogP) is 2.30. The molecule has 0 saturated carbocycles. The number of carboxylic acid groups (broad SMARTS) is 1. The maximum absolute atomic E-state index is 13.4. The van der Waals surface area contributed by atoms with Gasteiger partial charge >= 0.3 is 12.0 Å². The Morgan fingerprint density at radius 3 is 2.74 bits per heavy atom. The molecule has 0 aliphatic carbocycles. The second-order valence-corrected chi connectivity index (χ2v) is 4.45. The topological polar surface area (TPSA) is 69.6 Å². The number of hydrogen-bond donors (Lipinski definition) is 2. The van der Waals surface area contributed by atoms with Crippen LogP contribution in [0, 0.1) is 5.82 Å². The minimum Gasteiger partial charge on any atom is -0.480 e. The fourth-order valence-electron chi connectivity index (χ4n) is 2.18. The third-order valence-corrected chi connectivity index (χ3v) is 3.16. The van der Waals surface area contributed by atoms with Crippen LogP contribution in [-0.2, 0) is 4.79 Å². The Bertz CT molecular complexity index is 493. The van der Waals surface area contributed by atoms with Gasteiger partial charge in [-0.05, 0) is 31.4 Å². The molecular weight excluding hydrogens is 251 g/mol. The van der Waals surface area contributed by atoms with Crippen LogP contribution in [-0.4, -0.2) is 34.6 Å². The third-order valence-electron chi connectivity index (χ3n) is 3.16. The van der Waals surface area contributed by atoms with Crippen LogP contribution in [0.15, 0.2) is 24.3 Å². The number of urea groups is 1. The van der Waals surface area contributed by atoms with Gasteiger partial charge < -0.3 is 15.3 Å². The van der Waals surface area contributed by atoms with Gasteiger partial charge in [0.1, 0.15) is 11.9 Å². The van der Waals surface area contributed by atoms with E-state index in [1.54, 1.807) is 6.07 Å². The maximum Gasteiger partial charge on any atom is 0.326 e. The zero-order chi connectivity index (χ0) is 13.8. The molecule has 1 aromatic rings. The molecule has 0 bridgehead atoms. The molecule has 5 nitrogen and oxygen atoms in total. The van der Waals surface area contributed by atoms with E-state index in [4.69, 9.17) is 5.11 Å². The zero-order valence-electron chi connectivity index (χ0n) is 10.3. The molecule has 6 heteroatoms. The number of carbonyl (C=O) groups excluding carboxylic acids is 1. The number of anilines is 1. The molecule has 1 fully saturated rings. The van der Waals surface area contributed by atoms with E-state index >= 15 is 0 Å². The first-order chi connectivity index (χ1) is 9.09. The quantitative estimate of drug-likeness (QED) is 0.862. The summed E-state index contributed by atoms with van der Waals surface area (Å²) in [6, 6.07) is 4.39. The van der Waals surface area contributed by atoms with Crippen molar-refractivity contribution in [3.8, 4) is 0 Å². The first-order valence-corrected chi connectivity index (χ1v) is 6.14. The Morgan fingerprint density at radius 1 is 1.32 bits per heavy atom. The van der Waals surface area contributed by atoms with E-state index < -0.39 is 23.9 Å². The fraction of sp³-hybridized carbons (Fsp3) is 0.385. The molecule has 2 N–H and O–H groups in total. The van der Waals surface area contributed by atoms with Crippen LogP contribution in [0.4, 0.5) is 14.9 Å². The van der Waals surface area contributed by atoms with Crippen molar-refractivity contribution in [2.24, 2.45) is 0 Å². The van der Waals surface area contributed by atoms with E-state index in [-0.39, 0.29) is 5.69 Å². The van der Waals surface area contributed by atoms with E-state index in [1.807, 2.05) is 0 Å². The monoisotopic (exact) mass is 266 g/mol. The lowest BCUT2D eigenvalue weighted by atomic mass is 10.0. The zero-order valence-corrected chi connectivity index (χ0v) is 10.3. The van der Waals surface area contributed by atoms with Crippen molar-refractivity contribution in [1.82, 2.24) is 4.90 Å². The summed E-state index contributed by atoms with van der Waals surface area (Å²) in [7, 11) is 0. The highest BCUT2D eigenvalue weighted by Crippen LogP contribution is 2.20. The Kier molecular flexibility index (Phi) is 3.99. The molecule has 1 atom stereocenters. The van der Waals surface area contributed by atoms with Crippen LogP contribution in [0.3, 0.4) is 0 Å². The van der Waals surface area contributed by atoms with E-state index in [1.165, 1.54) is 23.1 Å². The van der Waals surface area contributed by atoms with Gasteiger partial charge in [0.25, 0.3) is 0 Å². The van der Waals surface area contributed by atoms with Gasteiger partial charge in [-0.1, -0.05) is 12.1 Å². The standard InChI is InChI=1S/C13H15FN2O3/c14-9-5-1-2-6-10(9)15-13(19)16-8-4-3-7-11(16)12(17)18/h1-2,5-6,11H,3-4,7-8H2,(H,15,19)(H,17,18). The summed E-state index contributed by atoms with van der Waals surface area (Å²) in [5.74, 6) is -1.57. The van der Waals surface area contributed by atoms with Crippen LogP contribution in [0.1, 0.15) is 19.3 Å². The van der Waals surface area contributed by atoms with Crippen LogP contribution in [0.25, 0.3) is 0 Å². The second-order valence-electron chi connectivity index (χ2n) is 4.45. The molecule has 0 radical (unpaired) electrons. The third kappa shape index (κ3) is 3.01. The number of hydrogen-bond acceptors (Lipinski definition) is 2. The number of benzene rings is 1. The van der Waals surface area contributed by atoms with E-state index in [0.717, 1.165) is 12.8 Å². The van der Waals surface area contributed by atoms with Gasteiger partial charge in [-0.25, -0.2) is 14.0 Å². The van der Waals surface area contributed by atoms with Crippen molar-refractivity contribution in [2.75, 3.05) is 11.9 Å². The maximum atomic E-state index is 13.4. The normalized spacial score (nSPS) is 19.0. The molecule has 1 saturated heterocycles. The average Bonchev–Trinajstić information content (AvgIpc) is 2.41. The van der Waals surface area contributed by atoms with Gasteiger partial charge in [0, 0.05) is 6.54 Å². The van der Waals surface area contributed by atoms with Gasteiger partial charge in [0.2, 0.25) is 0 Å². The Morgan fingerprint density at radius 2 is 2.05 bits per heavy atom. The number of rotatable bonds is 2. The van der Waals surface area contributed by atoms with Crippen molar-refractivity contribution in [3.05, 3.63) is 30.1 Å². The molecule has 102 valence electrons. The first kappa shape index (κ1) is 13.3. The molecule has 1 aliphatic heterocycles. The van der Waals surface area contributed by atoms with Crippen LogP contribution < -0.4 is 5.32 Å². The molecule has 2 rings (SSSR count). The predicted molar refractivity (Wildman–Crippen MR) is 67.4 cm³/mol. The second kappa shape index (κ2) is 5.69. The Labute approximate surface area is 110 Å². The van der Waals surface area contributed by atoms with E-state index in [2.05, 4.69) is 5.32 Å². The summed E-state index contributed by atoms with van der Waals surface area (Å²) in [6.45, 7) is 0.372. The molecule has 0 aromatic heterocycles. The lowest BCUT2D eigenvalue weighted by molar-refractivity contribution is -0.143. The number of nitrogens with one attached hydrogen (secondary N) is 1. The number of nitrogens with zero attached hydrogens (tertiary/aromatic N) is 1. The molecular formula is C13H15FN2O3. The number of para-hydroxylation sites is 1. The molecule has 1 aliphatic rings. The minimum absolute atomic E-state index is 0.0576. The summed E-state index contributed by atoms with van der Waals surface area (Å²) in [6.07, 6.45) is 1.97. The first-order valence-electron chi connectivity index (χ1n) is 6.14. The number of likely N-dealkylation sites (tertiary alicyclic amines) is 1. The average molecular weight is 266 g/mol. The van der Waals surface area contributed by atoms with Crippen LogP contribution >= 0.6 is 0 Å². The van der Waals surface area contributed by atoms with Crippen molar-refractivity contribution < 1.29 is 19.1 Å². The summed E-state index contributed by atoms with van der Waals surface area (Å²) < 4.78 is 13.4. The van der Waals surface area contributed by atoms with Crippen molar-refractivity contribution in [2.45, 2.75) is 25.3 Å². The lowest BCUT2D eigenvalue weighted by Crippen LogP contribution is -2.49. The highest BCUT2D eigenvalue weighted by molar-refractivity contribution is 5.92. The number of aliphatic carboxylic acids is 1. The summed E-state index contributed by atoms with van der Waals surface area (Å²) in [5.41, 5.74) is 0.0576. The van der Waals surface area contributed by atoms with Gasteiger partial charge in [-0.15, -0.1) is 0 Å². The number of halogens is 1. The highest BCUT2D eigenvalue weighted by atomic mass is 19.1. The van der Waals surface area contributed by atoms with Gasteiger partial charge in [-0.3, -0.25) is 0 Å². The number of carboxylic acids is 1. The van der Waals surface area contributed by atoms with E-state index in [9.17, 15) is 14.0 Å². The van der Waals surface area contributed by atoms with Gasteiger partial charge in [0.15, 0.2) is 0 Å². The largest absolute Gasteiger partial charge is 0.480 e. The van der Waals surface area contributed by atoms with Crippen LogP contribution in [0.5, 0.6) is 0 Å². The smallest absolute Gasteiger partial charge is 0.326 e. The van der Waals surface area contributed by atoms with Gasteiger partial charge in [-0.2, -0.15) is 0 Å². The SMILES string of the molecule is O=C(O)C1CCCCN1C(=O)Nc1ccccc1F. The Hall–Kier alpha value is -2.11. The summed E-state index contributed by atoms with van der Waals surface area (Å²) in [5, 5.41) is 11.5. The summed E-state index contributed by atoms with van der Waals surface area (Å²) >= 11 is 0. The minimum atomic E-state index is -1.02. The molecule has 1 heterocycles. The van der Waals surface area contributed by atoms with Crippen molar-refractivity contribution in [3.63, 3.8) is 0 Å². The molecule has 2 amide bonds. The van der Waals surface area contributed by atoms with Gasteiger partial charge in [0.05, 0.1) is 5.69 Å². The lowest BCUT2D eigenvalue weighted by Gasteiger charge is -2.32. The van der Waals surface area contributed by atoms with Crippen LogP contribution in [0.2, 0.25) is 0 Å². The highest BCUT2D eigenvalue weighted by Gasteiger charge is 2.32. The summed E-state index contributed by atoms with van der Waals surface area (Å²) in [4.78, 5) is 24.4. The number of amides is 2. The fourth-order valence-corrected chi connectivity index (χ4v) is 2.18. The van der Waals surface area contributed by atoms with E-state index in [0.29, 0.717) is 13.0 Å². The molecule has 0 spiro atoms. The molecule has 1 aromatic carbocycles. The number of carbonyl (C=O) groups is 2.